The van der Waals surface area contributed by atoms with Crippen LogP contribution in [0.1, 0.15) is 17.0 Å². The fourth-order valence-electron chi connectivity index (χ4n) is 1.40. The Morgan fingerprint density at radius 1 is 1.38 bits per heavy atom. The first-order chi connectivity index (χ1) is 7.69. The summed E-state index contributed by atoms with van der Waals surface area (Å²) in [6.07, 6.45) is 0. The van der Waals surface area contributed by atoms with Crippen molar-refractivity contribution in [2.45, 2.75) is 20.0 Å². The van der Waals surface area contributed by atoms with E-state index in [2.05, 4.69) is 5.10 Å². The van der Waals surface area contributed by atoms with Crippen LogP contribution < -0.4 is 11.5 Å². The fourth-order valence-corrected chi connectivity index (χ4v) is 1.40. The Kier molecular flexibility index (Phi) is 2.87. The molecule has 1 heterocycles. The lowest BCUT2D eigenvalue weighted by Gasteiger charge is -1.99. The van der Waals surface area contributed by atoms with Crippen LogP contribution in [0.3, 0.4) is 0 Å². The average molecular weight is 219 g/mol. The van der Waals surface area contributed by atoms with Crippen LogP contribution in [0.5, 0.6) is 0 Å². The summed E-state index contributed by atoms with van der Waals surface area (Å²) in [6.45, 7) is 2.55. The molecule has 2 aromatic rings. The molecule has 0 saturated heterocycles. The fraction of sp³-hybridized carbons (Fsp3) is 0.273. The van der Waals surface area contributed by atoms with Crippen LogP contribution in [0.15, 0.2) is 33.5 Å². The molecule has 0 aliphatic heterocycles. The number of nitrogens with zero attached hydrogens (tertiary/aromatic N) is 2. The number of nitrogens with two attached hydrogens (primary N) is 1. The maximum Gasteiger partial charge on any atom is 0.437 e. The molecule has 0 radical (unpaired) electrons. The van der Waals surface area contributed by atoms with E-state index in [1.807, 2.05) is 31.2 Å². The SMILES string of the molecule is Cc1ccc(Cn2nc(CN)oc2=O)cc1. The largest absolute Gasteiger partial charge is 0.437 e. The van der Waals surface area contributed by atoms with Crippen molar-refractivity contribution in [2.75, 3.05) is 0 Å². The van der Waals surface area contributed by atoms with Gasteiger partial charge in [-0.15, -0.1) is 5.10 Å². The van der Waals surface area contributed by atoms with Crippen LogP contribution in [0.2, 0.25) is 0 Å². The first kappa shape index (κ1) is 10.6. The minimum Gasteiger partial charge on any atom is -0.391 e. The maximum absolute atomic E-state index is 11.3. The summed E-state index contributed by atoms with van der Waals surface area (Å²) in [5.74, 6) is -0.210. The summed E-state index contributed by atoms with van der Waals surface area (Å²) >= 11 is 0. The monoisotopic (exact) mass is 219 g/mol. The van der Waals surface area contributed by atoms with Gasteiger partial charge in [-0.05, 0) is 12.5 Å². The third-order valence-electron chi connectivity index (χ3n) is 2.28. The van der Waals surface area contributed by atoms with E-state index in [4.69, 9.17) is 10.2 Å². The van der Waals surface area contributed by atoms with Gasteiger partial charge in [0.15, 0.2) is 0 Å². The Hall–Kier alpha value is -1.88. The molecule has 0 fully saturated rings. The Morgan fingerprint density at radius 2 is 2.06 bits per heavy atom. The third-order valence-corrected chi connectivity index (χ3v) is 2.28. The van der Waals surface area contributed by atoms with Crippen LogP contribution in [0, 0.1) is 6.92 Å². The van der Waals surface area contributed by atoms with Crippen molar-refractivity contribution >= 4 is 0 Å². The molecule has 0 aliphatic rings. The lowest BCUT2D eigenvalue weighted by atomic mass is 10.1. The summed E-state index contributed by atoms with van der Waals surface area (Å²) in [5, 5.41) is 3.96. The first-order valence-electron chi connectivity index (χ1n) is 5.01. The smallest absolute Gasteiger partial charge is 0.391 e. The van der Waals surface area contributed by atoms with Crippen LogP contribution >= 0.6 is 0 Å². The minimum absolute atomic E-state index is 0.135. The van der Waals surface area contributed by atoms with Gasteiger partial charge < -0.3 is 10.2 Å². The van der Waals surface area contributed by atoms with Crippen molar-refractivity contribution in [3.63, 3.8) is 0 Å². The van der Waals surface area contributed by atoms with Gasteiger partial charge in [0.1, 0.15) is 0 Å². The highest BCUT2D eigenvalue weighted by atomic mass is 16.4. The molecular formula is C11H13N3O2. The molecule has 1 aromatic heterocycles. The Labute approximate surface area is 92.5 Å². The number of hydrogen-bond donors (Lipinski definition) is 1. The number of aromatic nitrogens is 2. The highest BCUT2D eigenvalue weighted by Crippen LogP contribution is 2.04. The van der Waals surface area contributed by atoms with E-state index in [1.54, 1.807) is 0 Å². The van der Waals surface area contributed by atoms with Crippen molar-refractivity contribution in [1.29, 1.82) is 0 Å². The van der Waals surface area contributed by atoms with Gasteiger partial charge in [-0.25, -0.2) is 4.79 Å². The van der Waals surface area contributed by atoms with Gasteiger partial charge in [0, 0.05) is 0 Å². The molecule has 0 unspecified atom stereocenters. The van der Waals surface area contributed by atoms with Gasteiger partial charge in [0.2, 0.25) is 5.89 Å². The van der Waals surface area contributed by atoms with Crippen LogP contribution in [0.4, 0.5) is 0 Å². The van der Waals surface area contributed by atoms with Crippen LogP contribution in [-0.4, -0.2) is 9.78 Å². The van der Waals surface area contributed by atoms with E-state index >= 15 is 0 Å². The number of aryl methyl sites for hydroxylation is 1. The van der Waals surface area contributed by atoms with Crippen molar-refractivity contribution in [2.24, 2.45) is 5.73 Å². The molecule has 0 atom stereocenters. The second-order valence-corrected chi connectivity index (χ2v) is 3.61. The Balaban J connectivity index is 2.23. The van der Waals surface area contributed by atoms with Crippen molar-refractivity contribution < 1.29 is 4.42 Å². The number of benzene rings is 1. The normalized spacial score (nSPS) is 10.6. The minimum atomic E-state index is -0.471. The Bertz CT molecular complexity index is 525. The zero-order valence-electron chi connectivity index (χ0n) is 9.01. The molecular weight excluding hydrogens is 206 g/mol. The Morgan fingerprint density at radius 3 is 2.62 bits per heavy atom. The van der Waals surface area contributed by atoms with Gasteiger partial charge in [-0.3, -0.25) is 0 Å². The van der Waals surface area contributed by atoms with Crippen LogP contribution in [0.25, 0.3) is 0 Å². The van der Waals surface area contributed by atoms with Crippen molar-refractivity contribution in [3.8, 4) is 0 Å². The summed E-state index contributed by atoms with van der Waals surface area (Å²) in [4.78, 5) is 11.3. The highest BCUT2D eigenvalue weighted by Gasteiger charge is 2.06. The summed E-state index contributed by atoms with van der Waals surface area (Å²) in [7, 11) is 0. The zero-order chi connectivity index (χ0) is 11.5. The van der Waals surface area contributed by atoms with E-state index in [9.17, 15) is 4.79 Å². The summed E-state index contributed by atoms with van der Waals surface area (Å²) < 4.78 is 6.10. The summed E-state index contributed by atoms with van der Waals surface area (Å²) in [6, 6.07) is 7.89. The second-order valence-electron chi connectivity index (χ2n) is 3.61. The molecule has 1 aromatic carbocycles. The van der Waals surface area contributed by atoms with E-state index in [1.165, 1.54) is 10.2 Å². The van der Waals surface area contributed by atoms with Crippen molar-refractivity contribution in [3.05, 3.63) is 51.8 Å². The topological polar surface area (TPSA) is 74.1 Å². The van der Waals surface area contributed by atoms with Gasteiger partial charge >= 0.3 is 5.76 Å². The molecule has 16 heavy (non-hydrogen) atoms. The molecule has 2 rings (SSSR count). The van der Waals surface area contributed by atoms with Gasteiger partial charge in [-0.1, -0.05) is 29.8 Å². The predicted octanol–water partition coefficient (Wildman–Crippen LogP) is 0.652. The lowest BCUT2D eigenvalue weighted by molar-refractivity contribution is 0.452. The summed E-state index contributed by atoms with van der Waals surface area (Å²) in [5.41, 5.74) is 7.52. The standard InChI is InChI=1S/C11H13N3O2/c1-8-2-4-9(5-3-8)7-14-11(15)16-10(6-12)13-14/h2-5H,6-7,12H2,1H3. The number of rotatable bonds is 3. The maximum atomic E-state index is 11.3. The van der Waals surface area contributed by atoms with E-state index in [0.29, 0.717) is 6.54 Å². The molecule has 5 nitrogen and oxygen atoms in total. The van der Waals surface area contributed by atoms with Gasteiger partial charge in [0.05, 0.1) is 13.1 Å². The molecule has 0 spiro atoms. The quantitative estimate of drug-likeness (QED) is 0.822. The lowest BCUT2D eigenvalue weighted by Crippen LogP contribution is -2.16. The van der Waals surface area contributed by atoms with Gasteiger partial charge in [-0.2, -0.15) is 4.68 Å². The molecule has 0 amide bonds. The third kappa shape index (κ3) is 2.20. The van der Waals surface area contributed by atoms with E-state index in [-0.39, 0.29) is 12.4 Å². The second kappa shape index (κ2) is 4.32. The first-order valence-corrected chi connectivity index (χ1v) is 5.01. The van der Waals surface area contributed by atoms with Crippen molar-refractivity contribution in [1.82, 2.24) is 9.78 Å². The molecule has 0 saturated carbocycles. The molecule has 2 N–H and O–H groups in total. The van der Waals surface area contributed by atoms with E-state index in [0.717, 1.165) is 5.56 Å². The molecule has 0 bridgehead atoms. The molecule has 5 heteroatoms. The molecule has 0 aliphatic carbocycles. The van der Waals surface area contributed by atoms with E-state index < -0.39 is 5.76 Å². The zero-order valence-corrected chi connectivity index (χ0v) is 9.01. The highest BCUT2D eigenvalue weighted by molar-refractivity contribution is 5.21. The molecule has 84 valence electrons. The predicted molar refractivity (Wildman–Crippen MR) is 58.9 cm³/mol. The average Bonchev–Trinajstić information content (AvgIpc) is 2.63. The number of hydrogen-bond acceptors (Lipinski definition) is 4. The van der Waals surface area contributed by atoms with Crippen LogP contribution in [-0.2, 0) is 13.1 Å². The van der Waals surface area contributed by atoms with Gasteiger partial charge in [0.25, 0.3) is 0 Å².